The van der Waals surface area contributed by atoms with Crippen LogP contribution in [0.15, 0.2) is 18.2 Å². The summed E-state index contributed by atoms with van der Waals surface area (Å²) in [6, 6.07) is 5.57. The van der Waals surface area contributed by atoms with Gasteiger partial charge in [0.2, 0.25) is 0 Å². The van der Waals surface area contributed by atoms with Gasteiger partial charge in [-0.3, -0.25) is 5.32 Å². The summed E-state index contributed by atoms with van der Waals surface area (Å²) < 4.78 is 5.82. The van der Waals surface area contributed by atoms with Crippen molar-refractivity contribution >= 4 is 11.8 Å². The van der Waals surface area contributed by atoms with Gasteiger partial charge in [-0.2, -0.15) is 0 Å². The molecular formula is C17H26N4O2. The first kappa shape index (κ1) is 16.2. The lowest BCUT2D eigenvalue weighted by Gasteiger charge is -2.34. The molecule has 1 aromatic rings. The highest BCUT2D eigenvalue weighted by atomic mass is 16.5. The molecule has 0 radical (unpaired) electrons. The predicted molar refractivity (Wildman–Crippen MR) is 89.5 cm³/mol. The summed E-state index contributed by atoms with van der Waals surface area (Å²) in [5.41, 5.74) is 0.897. The summed E-state index contributed by atoms with van der Waals surface area (Å²) in [6.07, 6.45) is 2.53. The standard InChI is InChI=1S/C17H26N4O2/c1-13-4-3-5-16(18-13)19-17(22)21(10-14-6-7-14)12-15-11-20(2)8-9-23-15/h3-5,14-15H,6-12H2,1-2H3,(H,18,19,22). The molecule has 1 saturated carbocycles. The number of nitrogens with one attached hydrogen (secondary N) is 1. The van der Waals surface area contributed by atoms with Crippen molar-refractivity contribution in [1.82, 2.24) is 14.8 Å². The van der Waals surface area contributed by atoms with Crippen molar-refractivity contribution in [3.63, 3.8) is 0 Å². The van der Waals surface area contributed by atoms with E-state index in [2.05, 4.69) is 22.2 Å². The van der Waals surface area contributed by atoms with Gasteiger partial charge in [-0.05, 0) is 44.9 Å². The van der Waals surface area contributed by atoms with E-state index < -0.39 is 0 Å². The molecule has 126 valence electrons. The highest BCUT2D eigenvalue weighted by Gasteiger charge is 2.30. The van der Waals surface area contributed by atoms with Crippen LogP contribution < -0.4 is 5.32 Å². The first-order chi connectivity index (χ1) is 11.1. The molecule has 1 aliphatic heterocycles. The molecule has 0 bridgehead atoms. The van der Waals surface area contributed by atoms with Crippen molar-refractivity contribution in [2.45, 2.75) is 25.9 Å². The minimum absolute atomic E-state index is 0.0770. The van der Waals surface area contributed by atoms with E-state index in [1.165, 1.54) is 12.8 Å². The summed E-state index contributed by atoms with van der Waals surface area (Å²) in [6.45, 7) is 5.93. The molecule has 1 atom stereocenters. The number of aromatic nitrogens is 1. The summed E-state index contributed by atoms with van der Waals surface area (Å²) >= 11 is 0. The number of ether oxygens (including phenoxy) is 1. The van der Waals surface area contributed by atoms with E-state index >= 15 is 0 Å². The van der Waals surface area contributed by atoms with Gasteiger partial charge in [0.25, 0.3) is 0 Å². The fourth-order valence-corrected chi connectivity index (χ4v) is 2.88. The van der Waals surface area contributed by atoms with Crippen LogP contribution >= 0.6 is 0 Å². The molecule has 1 aliphatic carbocycles. The SMILES string of the molecule is Cc1cccc(NC(=O)N(CC2CC2)CC2CN(C)CCO2)n1. The molecule has 2 fully saturated rings. The first-order valence-corrected chi connectivity index (χ1v) is 8.40. The summed E-state index contributed by atoms with van der Waals surface area (Å²) in [4.78, 5) is 21.1. The monoisotopic (exact) mass is 318 g/mol. The van der Waals surface area contributed by atoms with Crippen molar-refractivity contribution < 1.29 is 9.53 Å². The van der Waals surface area contributed by atoms with Gasteiger partial charge in [0, 0.05) is 31.9 Å². The Balaban J connectivity index is 1.61. The van der Waals surface area contributed by atoms with Crippen LogP contribution in [0.4, 0.5) is 10.6 Å². The number of anilines is 1. The lowest BCUT2D eigenvalue weighted by atomic mass is 10.2. The molecule has 0 aromatic carbocycles. The van der Waals surface area contributed by atoms with Crippen LogP contribution in [-0.2, 0) is 4.74 Å². The third-order valence-electron chi connectivity index (χ3n) is 4.35. The van der Waals surface area contributed by atoms with E-state index in [0.29, 0.717) is 18.3 Å². The highest BCUT2D eigenvalue weighted by Crippen LogP contribution is 2.30. The Hall–Kier alpha value is -1.66. The molecule has 6 heteroatoms. The van der Waals surface area contributed by atoms with Gasteiger partial charge < -0.3 is 14.5 Å². The number of hydrogen-bond donors (Lipinski definition) is 1. The van der Waals surface area contributed by atoms with Crippen molar-refractivity contribution in [2.24, 2.45) is 5.92 Å². The molecule has 2 aliphatic rings. The van der Waals surface area contributed by atoms with Gasteiger partial charge in [-0.15, -0.1) is 0 Å². The topological polar surface area (TPSA) is 57.7 Å². The second kappa shape index (κ2) is 7.27. The van der Waals surface area contributed by atoms with Gasteiger partial charge in [0.1, 0.15) is 5.82 Å². The van der Waals surface area contributed by atoms with Gasteiger partial charge in [-0.1, -0.05) is 6.07 Å². The summed E-state index contributed by atoms with van der Waals surface area (Å²) in [7, 11) is 2.09. The third-order valence-corrected chi connectivity index (χ3v) is 4.35. The zero-order valence-corrected chi connectivity index (χ0v) is 14.0. The number of aryl methyl sites for hydroxylation is 1. The molecule has 1 aromatic heterocycles. The fraction of sp³-hybridized carbons (Fsp3) is 0.647. The zero-order valence-electron chi connectivity index (χ0n) is 14.0. The van der Waals surface area contributed by atoms with Gasteiger partial charge in [0.15, 0.2) is 0 Å². The van der Waals surface area contributed by atoms with Crippen LogP contribution in [0.3, 0.4) is 0 Å². The van der Waals surface area contributed by atoms with Crippen LogP contribution in [0.5, 0.6) is 0 Å². The normalized spacial score (nSPS) is 21.9. The molecule has 1 N–H and O–H groups in total. The summed E-state index contributed by atoms with van der Waals surface area (Å²) in [5, 5.41) is 2.92. The molecule has 23 heavy (non-hydrogen) atoms. The zero-order chi connectivity index (χ0) is 16.2. The van der Waals surface area contributed by atoms with Gasteiger partial charge in [0.05, 0.1) is 12.7 Å². The maximum atomic E-state index is 12.6. The largest absolute Gasteiger partial charge is 0.374 e. The van der Waals surface area contributed by atoms with Crippen LogP contribution in [0.25, 0.3) is 0 Å². The fourth-order valence-electron chi connectivity index (χ4n) is 2.88. The quantitative estimate of drug-likeness (QED) is 0.902. The number of likely N-dealkylation sites (N-methyl/N-ethyl adjacent to an activating group) is 1. The second-order valence-corrected chi connectivity index (χ2v) is 6.70. The van der Waals surface area contributed by atoms with Crippen LogP contribution in [0.1, 0.15) is 18.5 Å². The number of nitrogens with zero attached hydrogens (tertiary/aromatic N) is 3. The molecule has 0 spiro atoms. The first-order valence-electron chi connectivity index (χ1n) is 8.40. The van der Waals surface area contributed by atoms with E-state index in [-0.39, 0.29) is 12.1 Å². The number of morpholine rings is 1. The van der Waals surface area contributed by atoms with Crippen LogP contribution in [-0.4, -0.2) is 66.8 Å². The van der Waals surface area contributed by atoms with E-state index in [9.17, 15) is 4.79 Å². The number of hydrogen-bond acceptors (Lipinski definition) is 4. The maximum absolute atomic E-state index is 12.6. The lowest BCUT2D eigenvalue weighted by Crippen LogP contribution is -2.49. The van der Waals surface area contributed by atoms with E-state index in [0.717, 1.165) is 31.9 Å². The Morgan fingerprint density at radius 1 is 1.43 bits per heavy atom. The van der Waals surface area contributed by atoms with Crippen LogP contribution in [0, 0.1) is 12.8 Å². The molecular weight excluding hydrogens is 292 g/mol. The lowest BCUT2D eigenvalue weighted by molar-refractivity contribution is -0.0302. The van der Waals surface area contributed by atoms with E-state index in [1.54, 1.807) is 0 Å². The van der Waals surface area contributed by atoms with Crippen molar-refractivity contribution in [1.29, 1.82) is 0 Å². The Morgan fingerprint density at radius 3 is 2.96 bits per heavy atom. The number of carbonyl (C=O) groups is 1. The number of amides is 2. The molecule has 6 nitrogen and oxygen atoms in total. The average molecular weight is 318 g/mol. The Morgan fingerprint density at radius 2 is 2.26 bits per heavy atom. The average Bonchev–Trinajstić information content (AvgIpc) is 3.31. The number of carbonyl (C=O) groups excluding carboxylic acids is 1. The smallest absolute Gasteiger partial charge is 0.323 e. The predicted octanol–water partition coefficient (Wildman–Crippen LogP) is 1.96. The Labute approximate surface area is 137 Å². The molecule has 1 unspecified atom stereocenters. The minimum Gasteiger partial charge on any atom is -0.374 e. The maximum Gasteiger partial charge on any atom is 0.323 e. The minimum atomic E-state index is -0.0770. The second-order valence-electron chi connectivity index (χ2n) is 6.70. The molecule has 1 saturated heterocycles. The molecule has 3 rings (SSSR count). The van der Waals surface area contributed by atoms with Crippen molar-refractivity contribution in [3.8, 4) is 0 Å². The van der Waals surface area contributed by atoms with Gasteiger partial charge >= 0.3 is 6.03 Å². The number of rotatable bonds is 5. The van der Waals surface area contributed by atoms with Crippen molar-refractivity contribution in [3.05, 3.63) is 23.9 Å². The number of urea groups is 1. The summed E-state index contributed by atoms with van der Waals surface area (Å²) in [5.74, 6) is 1.25. The van der Waals surface area contributed by atoms with Crippen LogP contribution in [0.2, 0.25) is 0 Å². The highest BCUT2D eigenvalue weighted by molar-refractivity contribution is 5.88. The molecule has 2 heterocycles. The Kier molecular flexibility index (Phi) is 5.13. The number of pyridine rings is 1. The van der Waals surface area contributed by atoms with Crippen molar-refractivity contribution in [2.75, 3.05) is 45.2 Å². The van der Waals surface area contributed by atoms with E-state index in [4.69, 9.17) is 4.74 Å². The molecule has 2 amide bonds. The Bertz CT molecular complexity index is 547. The third kappa shape index (κ3) is 4.91. The van der Waals surface area contributed by atoms with Gasteiger partial charge in [-0.25, -0.2) is 9.78 Å². The van der Waals surface area contributed by atoms with E-state index in [1.807, 2.05) is 30.0 Å².